The Kier molecular flexibility index (Phi) is 6.48. The van der Waals surface area contributed by atoms with Crippen LogP contribution in [0.15, 0.2) is 54.6 Å². The number of carbonyl (C=O) groups excluding carboxylic acids is 1. The third kappa shape index (κ3) is 5.08. The molecule has 1 aliphatic carbocycles. The van der Waals surface area contributed by atoms with E-state index in [4.69, 9.17) is 15.2 Å². The van der Waals surface area contributed by atoms with Crippen LogP contribution in [0.5, 0.6) is 11.5 Å². The lowest BCUT2D eigenvalue weighted by Crippen LogP contribution is -2.45. The number of hydrogen-bond donors (Lipinski definition) is 1. The van der Waals surface area contributed by atoms with E-state index in [2.05, 4.69) is 0 Å². The van der Waals surface area contributed by atoms with Gasteiger partial charge in [-0.15, -0.1) is 0 Å². The predicted octanol–water partition coefficient (Wildman–Crippen LogP) is 3.58. The molecular weight excluding hydrogens is 340 g/mol. The first kappa shape index (κ1) is 19.4. The summed E-state index contributed by atoms with van der Waals surface area (Å²) in [5, 5.41) is 0. The summed E-state index contributed by atoms with van der Waals surface area (Å²) in [6, 6.07) is 17.5. The van der Waals surface area contributed by atoms with Gasteiger partial charge in [-0.3, -0.25) is 4.79 Å². The Labute approximate surface area is 161 Å². The van der Waals surface area contributed by atoms with Crippen LogP contribution in [-0.4, -0.2) is 37.1 Å². The van der Waals surface area contributed by atoms with Gasteiger partial charge in [-0.2, -0.15) is 0 Å². The number of nitrogens with two attached hydrogens (primary N) is 1. The molecule has 0 aromatic heterocycles. The monoisotopic (exact) mass is 368 g/mol. The third-order valence-electron chi connectivity index (χ3n) is 5.18. The van der Waals surface area contributed by atoms with Crippen LogP contribution in [0.25, 0.3) is 0 Å². The second kappa shape index (κ2) is 9.02. The molecule has 0 spiro atoms. The van der Waals surface area contributed by atoms with Gasteiger partial charge in [0.1, 0.15) is 11.5 Å². The number of nitrogens with zero attached hydrogens (tertiary/aromatic N) is 1. The summed E-state index contributed by atoms with van der Waals surface area (Å²) in [5.74, 6) is 1.73. The highest BCUT2D eigenvalue weighted by molar-refractivity contribution is 5.78. The number of carbonyl (C=O) groups is 1. The van der Waals surface area contributed by atoms with Gasteiger partial charge in [0.25, 0.3) is 0 Å². The molecule has 27 heavy (non-hydrogen) atoms. The minimum absolute atomic E-state index is 0.0166. The largest absolute Gasteiger partial charge is 0.457 e. The number of para-hydroxylation sites is 1. The number of benzene rings is 2. The van der Waals surface area contributed by atoms with Crippen LogP contribution in [0.3, 0.4) is 0 Å². The van der Waals surface area contributed by atoms with Crippen molar-refractivity contribution in [3.8, 4) is 11.5 Å². The van der Waals surface area contributed by atoms with Gasteiger partial charge < -0.3 is 20.1 Å². The maximum atomic E-state index is 12.8. The molecule has 0 unspecified atom stereocenters. The highest BCUT2D eigenvalue weighted by Gasteiger charge is 2.33. The fourth-order valence-corrected chi connectivity index (χ4v) is 3.65. The number of ether oxygens (including phenoxy) is 2. The van der Waals surface area contributed by atoms with Crippen molar-refractivity contribution in [2.24, 2.45) is 11.7 Å². The maximum absolute atomic E-state index is 12.8. The lowest BCUT2D eigenvalue weighted by molar-refractivity contribution is -0.137. The van der Waals surface area contributed by atoms with Crippen molar-refractivity contribution < 1.29 is 14.3 Å². The van der Waals surface area contributed by atoms with E-state index in [1.54, 1.807) is 12.0 Å². The lowest BCUT2D eigenvalue weighted by atomic mass is 9.83. The normalized spacial score (nSPS) is 22.3. The molecule has 0 saturated heterocycles. The molecule has 3 atom stereocenters. The Morgan fingerprint density at radius 2 is 1.74 bits per heavy atom. The van der Waals surface area contributed by atoms with Crippen LogP contribution in [0.1, 0.15) is 24.8 Å². The Bertz CT molecular complexity index is 733. The van der Waals surface area contributed by atoms with Crippen molar-refractivity contribution in [3.05, 3.63) is 60.2 Å². The first-order valence-electron chi connectivity index (χ1n) is 9.42. The van der Waals surface area contributed by atoms with Gasteiger partial charge in [0, 0.05) is 32.7 Å². The van der Waals surface area contributed by atoms with E-state index in [0.717, 1.165) is 29.9 Å². The summed E-state index contributed by atoms with van der Waals surface area (Å²) in [7, 11) is 3.54. The van der Waals surface area contributed by atoms with Gasteiger partial charge in [0.2, 0.25) is 5.91 Å². The zero-order chi connectivity index (χ0) is 19.2. The van der Waals surface area contributed by atoms with E-state index in [0.29, 0.717) is 13.0 Å². The molecule has 0 heterocycles. The van der Waals surface area contributed by atoms with Gasteiger partial charge >= 0.3 is 0 Å². The molecular formula is C22H28N2O3. The quantitative estimate of drug-likeness (QED) is 0.846. The smallest absolute Gasteiger partial charge is 0.225 e. The average Bonchev–Trinajstić information content (AvgIpc) is 2.69. The predicted molar refractivity (Wildman–Crippen MR) is 106 cm³/mol. The molecule has 144 valence electrons. The minimum atomic E-state index is -0.0690. The van der Waals surface area contributed by atoms with Gasteiger partial charge in [-0.1, -0.05) is 30.3 Å². The molecule has 5 heteroatoms. The third-order valence-corrected chi connectivity index (χ3v) is 5.18. The summed E-state index contributed by atoms with van der Waals surface area (Å²) in [4.78, 5) is 14.5. The molecule has 2 N–H and O–H groups in total. The van der Waals surface area contributed by atoms with Gasteiger partial charge in [0.05, 0.1) is 6.10 Å². The molecule has 2 aromatic carbocycles. The Hall–Kier alpha value is -2.37. The van der Waals surface area contributed by atoms with E-state index in [1.165, 1.54) is 0 Å². The molecule has 5 nitrogen and oxygen atoms in total. The molecule has 0 aliphatic heterocycles. The average molecular weight is 368 g/mol. The number of hydrogen-bond acceptors (Lipinski definition) is 4. The highest BCUT2D eigenvalue weighted by atomic mass is 16.5. The van der Waals surface area contributed by atoms with Gasteiger partial charge in [-0.05, 0) is 49.1 Å². The van der Waals surface area contributed by atoms with Crippen LogP contribution in [0, 0.1) is 5.92 Å². The Morgan fingerprint density at radius 3 is 2.37 bits per heavy atom. The topological polar surface area (TPSA) is 64.8 Å². The van der Waals surface area contributed by atoms with Crippen LogP contribution in [-0.2, 0) is 16.1 Å². The summed E-state index contributed by atoms with van der Waals surface area (Å²) in [6.45, 7) is 0.573. The molecule has 1 fully saturated rings. The van der Waals surface area contributed by atoms with Crippen molar-refractivity contribution in [2.75, 3.05) is 14.2 Å². The van der Waals surface area contributed by atoms with E-state index in [-0.39, 0.29) is 24.0 Å². The minimum Gasteiger partial charge on any atom is -0.457 e. The molecule has 2 aromatic rings. The molecule has 0 radical (unpaired) electrons. The van der Waals surface area contributed by atoms with E-state index in [9.17, 15) is 4.79 Å². The zero-order valence-corrected chi connectivity index (χ0v) is 16.0. The number of rotatable bonds is 6. The van der Waals surface area contributed by atoms with Crippen LogP contribution < -0.4 is 10.5 Å². The van der Waals surface area contributed by atoms with Crippen molar-refractivity contribution >= 4 is 5.91 Å². The molecule has 3 rings (SSSR count). The molecule has 1 amide bonds. The summed E-state index contributed by atoms with van der Waals surface area (Å²) < 4.78 is 11.2. The Morgan fingerprint density at radius 1 is 1.07 bits per heavy atom. The van der Waals surface area contributed by atoms with Crippen LogP contribution in [0.4, 0.5) is 0 Å². The van der Waals surface area contributed by atoms with Crippen molar-refractivity contribution in [1.82, 2.24) is 4.90 Å². The van der Waals surface area contributed by atoms with Crippen molar-refractivity contribution in [1.29, 1.82) is 0 Å². The van der Waals surface area contributed by atoms with E-state index in [1.807, 2.05) is 61.6 Å². The summed E-state index contributed by atoms with van der Waals surface area (Å²) in [6.07, 6.45) is 2.43. The van der Waals surface area contributed by atoms with Gasteiger partial charge in [-0.25, -0.2) is 0 Å². The molecule has 0 bridgehead atoms. The Balaban J connectivity index is 1.54. The fourth-order valence-electron chi connectivity index (χ4n) is 3.65. The van der Waals surface area contributed by atoms with E-state index >= 15 is 0 Å². The fraction of sp³-hybridized carbons (Fsp3) is 0.409. The molecule has 1 saturated carbocycles. The lowest BCUT2D eigenvalue weighted by Gasteiger charge is -2.34. The maximum Gasteiger partial charge on any atom is 0.225 e. The van der Waals surface area contributed by atoms with Crippen molar-refractivity contribution in [2.45, 2.75) is 38.0 Å². The SMILES string of the molecule is CO[C@@H]1CC[C@H](C(=O)N(C)Cc2ccc(Oc3ccccc3)cc2)C[C@H]1N. The second-order valence-electron chi connectivity index (χ2n) is 7.20. The standard InChI is InChI=1S/C22H28N2O3/c1-24(22(25)17-10-13-21(26-2)20(23)14-17)15-16-8-11-19(12-9-16)27-18-6-4-3-5-7-18/h3-9,11-12,17,20-21H,10,13-15,23H2,1-2H3/t17-,20+,21+/m0/s1. The second-order valence-corrected chi connectivity index (χ2v) is 7.20. The number of amides is 1. The van der Waals surface area contributed by atoms with Crippen LogP contribution in [0.2, 0.25) is 0 Å². The van der Waals surface area contributed by atoms with Gasteiger partial charge in [0.15, 0.2) is 0 Å². The zero-order valence-electron chi connectivity index (χ0n) is 16.0. The summed E-state index contributed by atoms with van der Waals surface area (Å²) in [5.41, 5.74) is 7.21. The molecule has 1 aliphatic rings. The van der Waals surface area contributed by atoms with Crippen molar-refractivity contribution in [3.63, 3.8) is 0 Å². The van der Waals surface area contributed by atoms with E-state index < -0.39 is 0 Å². The van der Waals surface area contributed by atoms with Crippen LogP contribution >= 0.6 is 0 Å². The summed E-state index contributed by atoms with van der Waals surface area (Å²) >= 11 is 0. The highest BCUT2D eigenvalue weighted by Crippen LogP contribution is 2.27. The first-order valence-corrected chi connectivity index (χ1v) is 9.42. The number of methoxy groups -OCH3 is 1. The first-order chi connectivity index (χ1) is 13.1.